The van der Waals surface area contributed by atoms with Gasteiger partial charge in [-0.05, 0) is 70.6 Å². The minimum Gasteiger partial charge on any atom is -0.462 e. The molecular formula is C49H86O12S. The van der Waals surface area contributed by atoms with Crippen molar-refractivity contribution in [2.45, 2.75) is 230 Å². The van der Waals surface area contributed by atoms with Crippen LogP contribution >= 0.6 is 0 Å². The second-order valence-corrected chi connectivity index (χ2v) is 18.2. The summed E-state index contributed by atoms with van der Waals surface area (Å²) in [7, 11) is -4.61. The van der Waals surface area contributed by atoms with Crippen molar-refractivity contribution in [2.75, 3.05) is 19.0 Å². The van der Waals surface area contributed by atoms with Crippen molar-refractivity contribution in [1.29, 1.82) is 0 Å². The van der Waals surface area contributed by atoms with Gasteiger partial charge in [0.05, 0.1) is 6.61 Å². The van der Waals surface area contributed by atoms with Crippen molar-refractivity contribution >= 4 is 22.1 Å². The van der Waals surface area contributed by atoms with Gasteiger partial charge in [0.1, 0.15) is 36.8 Å². The third-order valence-corrected chi connectivity index (χ3v) is 11.6. The molecule has 0 aromatic carbocycles. The maximum absolute atomic E-state index is 12.8. The van der Waals surface area contributed by atoms with Crippen LogP contribution in [0.3, 0.4) is 0 Å². The van der Waals surface area contributed by atoms with E-state index in [0.29, 0.717) is 12.8 Å². The van der Waals surface area contributed by atoms with E-state index >= 15 is 0 Å². The number of carbonyl (C=O) groups excluding carboxylic acids is 2. The van der Waals surface area contributed by atoms with Crippen molar-refractivity contribution in [3.8, 4) is 0 Å². The van der Waals surface area contributed by atoms with E-state index in [2.05, 4.69) is 62.5 Å². The molecule has 360 valence electrons. The molecule has 0 amide bonds. The highest BCUT2D eigenvalue weighted by Gasteiger charge is 2.46. The molecular weight excluding hydrogens is 813 g/mol. The van der Waals surface area contributed by atoms with E-state index in [0.717, 1.165) is 57.8 Å². The van der Waals surface area contributed by atoms with Crippen LogP contribution in [0.15, 0.2) is 48.6 Å². The Kier molecular flexibility index (Phi) is 36.3. The molecule has 6 unspecified atom stereocenters. The molecule has 1 aliphatic heterocycles. The predicted molar refractivity (Wildman–Crippen MR) is 247 cm³/mol. The van der Waals surface area contributed by atoms with Crippen LogP contribution in [0.2, 0.25) is 0 Å². The van der Waals surface area contributed by atoms with Crippen molar-refractivity contribution in [2.24, 2.45) is 0 Å². The number of aliphatic hydroxyl groups excluding tert-OH is 3. The zero-order valence-electron chi connectivity index (χ0n) is 38.5. The van der Waals surface area contributed by atoms with E-state index in [-0.39, 0.29) is 19.4 Å². The van der Waals surface area contributed by atoms with Crippen molar-refractivity contribution in [1.82, 2.24) is 0 Å². The van der Waals surface area contributed by atoms with Crippen LogP contribution in [0.5, 0.6) is 0 Å². The Hall–Kier alpha value is -2.39. The first kappa shape index (κ1) is 57.6. The fourth-order valence-electron chi connectivity index (χ4n) is 7.16. The fraction of sp³-hybridized carbons (Fsp3) is 0.796. The number of esters is 2. The van der Waals surface area contributed by atoms with E-state index in [9.17, 15) is 37.9 Å². The van der Waals surface area contributed by atoms with Crippen molar-refractivity contribution in [3.05, 3.63) is 48.6 Å². The fourth-order valence-corrected chi connectivity index (χ4v) is 7.85. The summed E-state index contributed by atoms with van der Waals surface area (Å²) >= 11 is 0. The van der Waals surface area contributed by atoms with E-state index in [1.54, 1.807) is 0 Å². The van der Waals surface area contributed by atoms with Gasteiger partial charge in [-0.25, -0.2) is 0 Å². The van der Waals surface area contributed by atoms with Gasteiger partial charge in [0.15, 0.2) is 12.4 Å². The van der Waals surface area contributed by atoms with E-state index in [1.807, 2.05) is 0 Å². The summed E-state index contributed by atoms with van der Waals surface area (Å²) in [4.78, 5) is 25.4. The summed E-state index contributed by atoms with van der Waals surface area (Å²) in [6.45, 7) is 3.62. The minimum absolute atomic E-state index is 0.128. The first-order valence-corrected chi connectivity index (χ1v) is 25.8. The summed E-state index contributed by atoms with van der Waals surface area (Å²) in [6, 6.07) is 0. The number of hydrogen-bond acceptors (Lipinski definition) is 11. The topological polar surface area (TPSA) is 186 Å². The summed E-state index contributed by atoms with van der Waals surface area (Å²) in [5.41, 5.74) is 0. The van der Waals surface area contributed by atoms with Crippen LogP contribution in [-0.2, 0) is 38.7 Å². The van der Waals surface area contributed by atoms with Crippen LogP contribution in [0.4, 0.5) is 0 Å². The van der Waals surface area contributed by atoms with E-state index in [1.165, 1.54) is 96.3 Å². The normalized spacial score (nSPS) is 20.3. The van der Waals surface area contributed by atoms with E-state index in [4.69, 9.17) is 18.9 Å². The lowest BCUT2D eigenvalue weighted by Gasteiger charge is -2.40. The number of ether oxygens (including phenoxy) is 4. The maximum Gasteiger partial charge on any atom is 0.306 e. The summed E-state index contributed by atoms with van der Waals surface area (Å²) < 4.78 is 54.1. The van der Waals surface area contributed by atoms with Crippen LogP contribution in [0.1, 0.15) is 194 Å². The second-order valence-electron chi connectivity index (χ2n) is 16.7. The SMILES string of the molecule is CC/C=C\C/C=C\C/C=C\CCCCCC(=O)OC(COC(=O)CCCCCCCCCCC/C=C\CCCCCCCCCC)COC1OC(CS(=O)(=O)O)C(O)C(O)C1O. The molecule has 1 rings (SSSR count). The highest BCUT2D eigenvalue weighted by Crippen LogP contribution is 2.24. The zero-order valence-corrected chi connectivity index (χ0v) is 39.3. The Balaban J connectivity index is 2.38. The smallest absolute Gasteiger partial charge is 0.306 e. The molecule has 13 heteroatoms. The van der Waals surface area contributed by atoms with Crippen LogP contribution in [0.25, 0.3) is 0 Å². The predicted octanol–water partition coefficient (Wildman–Crippen LogP) is 10.3. The number of carbonyl (C=O) groups is 2. The molecule has 0 saturated carbocycles. The molecule has 1 saturated heterocycles. The van der Waals surface area contributed by atoms with Gasteiger partial charge in [0.2, 0.25) is 0 Å². The second kappa shape index (κ2) is 39.0. The van der Waals surface area contributed by atoms with Gasteiger partial charge in [-0.3, -0.25) is 14.1 Å². The van der Waals surface area contributed by atoms with Gasteiger partial charge in [-0.15, -0.1) is 0 Å². The third-order valence-electron chi connectivity index (χ3n) is 10.9. The zero-order chi connectivity index (χ0) is 45.5. The number of unbranched alkanes of at least 4 members (excludes halogenated alkanes) is 20. The number of hydrogen-bond donors (Lipinski definition) is 4. The molecule has 0 spiro atoms. The Morgan fingerprint density at radius 2 is 1.02 bits per heavy atom. The minimum atomic E-state index is -4.61. The molecule has 1 heterocycles. The Morgan fingerprint density at radius 1 is 0.565 bits per heavy atom. The van der Waals surface area contributed by atoms with Gasteiger partial charge in [-0.2, -0.15) is 8.42 Å². The molecule has 0 bridgehead atoms. The lowest BCUT2D eigenvalue weighted by Crippen LogP contribution is -2.60. The summed E-state index contributed by atoms with van der Waals surface area (Å²) in [5, 5.41) is 30.9. The highest BCUT2D eigenvalue weighted by atomic mass is 32.2. The molecule has 0 radical (unpaired) electrons. The number of rotatable bonds is 40. The molecule has 0 aliphatic carbocycles. The maximum atomic E-state index is 12.8. The molecule has 12 nitrogen and oxygen atoms in total. The highest BCUT2D eigenvalue weighted by molar-refractivity contribution is 7.85. The average molecular weight is 899 g/mol. The Morgan fingerprint density at radius 3 is 1.55 bits per heavy atom. The standard InChI is InChI=1S/C49H86O12S/c1-3-5-7-9-11-13-15-17-18-19-20-21-22-23-24-26-27-29-31-33-35-37-44(50)58-39-42(40-59-49-48(54)47(53)46(52)43(61-49)41-62(55,56)57)60-45(51)38-36-34-32-30-28-25-16-14-12-10-8-6-4-2/h6,8,12,14,19-20,25,28,42-43,46-49,52-54H,3-5,7,9-11,13,15-18,21-24,26-27,29-41H2,1-2H3,(H,55,56,57)/b8-6-,14-12-,20-19-,28-25-. The molecule has 0 aromatic heterocycles. The van der Waals surface area contributed by atoms with Crippen molar-refractivity contribution < 1.29 is 56.8 Å². The average Bonchev–Trinajstić information content (AvgIpc) is 3.24. The van der Waals surface area contributed by atoms with Crippen LogP contribution < -0.4 is 0 Å². The molecule has 6 atom stereocenters. The van der Waals surface area contributed by atoms with Crippen LogP contribution in [-0.4, -0.2) is 96.0 Å². The Labute approximate surface area is 375 Å². The summed E-state index contributed by atoms with van der Waals surface area (Å²) in [6.07, 6.45) is 37.4. The quantitative estimate of drug-likeness (QED) is 0.0198. The lowest BCUT2D eigenvalue weighted by atomic mass is 10.00. The Bertz CT molecular complexity index is 1330. The third kappa shape index (κ3) is 33.2. The molecule has 1 fully saturated rings. The monoisotopic (exact) mass is 899 g/mol. The first-order chi connectivity index (χ1) is 30.0. The molecule has 62 heavy (non-hydrogen) atoms. The summed E-state index contributed by atoms with van der Waals surface area (Å²) in [5.74, 6) is -2.02. The van der Waals surface area contributed by atoms with Crippen LogP contribution in [0, 0.1) is 0 Å². The van der Waals surface area contributed by atoms with Gasteiger partial charge in [0, 0.05) is 12.8 Å². The van der Waals surface area contributed by atoms with E-state index < -0.39 is 71.2 Å². The largest absolute Gasteiger partial charge is 0.462 e. The molecule has 1 aliphatic rings. The number of aliphatic hydroxyl groups is 3. The van der Waals surface area contributed by atoms with Gasteiger partial charge in [-0.1, -0.05) is 159 Å². The first-order valence-electron chi connectivity index (χ1n) is 24.2. The lowest BCUT2D eigenvalue weighted by molar-refractivity contribution is -0.297. The van der Waals surface area contributed by atoms with Gasteiger partial charge < -0.3 is 34.3 Å². The van der Waals surface area contributed by atoms with Crippen molar-refractivity contribution in [3.63, 3.8) is 0 Å². The molecule has 0 aromatic rings. The van der Waals surface area contributed by atoms with Gasteiger partial charge >= 0.3 is 11.9 Å². The molecule has 4 N–H and O–H groups in total. The van der Waals surface area contributed by atoms with Gasteiger partial charge in [0.25, 0.3) is 10.1 Å². The number of allylic oxidation sites excluding steroid dienone is 8.